The summed E-state index contributed by atoms with van der Waals surface area (Å²) in [4.78, 5) is 31.3. The van der Waals surface area contributed by atoms with E-state index in [1.54, 1.807) is 16.0 Å². The smallest absolute Gasteiger partial charge is 0.416 e. The summed E-state index contributed by atoms with van der Waals surface area (Å²) in [5.41, 5.74) is 0.459. The molecule has 0 radical (unpaired) electrons. The minimum Gasteiger partial charge on any atom is -0.443 e. The number of pyridine rings is 1. The summed E-state index contributed by atoms with van der Waals surface area (Å²) < 4.78 is 5.46. The lowest BCUT2D eigenvalue weighted by molar-refractivity contribution is -0.118. The van der Waals surface area contributed by atoms with Crippen LogP contribution in [-0.4, -0.2) is 41.1 Å². The Kier molecular flexibility index (Phi) is 5.80. The van der Waals surface area contributed by atoms with Crippen LogP contribution < -0.4 is 4.90 Å². The molecule has 0 aliphatic carbocycles. The number of likely N-dealkylation sites (tertiary alicyclic amines) is 1. The van der Waals surface area contributed by atoms with Gasteiger partial charge in [-0.15, -0.1) is 0 Å². The van der Waals surface area contributed by atoms with Gasteiger partial charge in [0.25, 0.3) is 0 Å². The Balaban J connectivity index is 2.16. The zero-order chi connectivity index (χ0) is 17.7. The largest absolute Gasteiger partial charge is 0.443 e. The quantitative estimate of drug-likeness (QED) is 0.773. The number of amides is 2. The van der Waals surface area contributed by atoms with Gasteiger partial charge in [0.2, 0.25) is 6.41 Å². The summed E-state index contributed by atoms with van der Waals surface area (Å²) >= 11 is 0. The summed E-state index contributed by atoms with van der Waals surface area (Å²) in [6.45, 7) is 8.88. The first-order chi connectivity index (χ1) is 11.4. The molecule has 0 spiro atoms. The van der Waals surface area contributed by atoms with E-state index in [1.165, 1.54) is 0 Å². The molecule has 1 aromatic heterocycles. The highest BCUT2D eigenvalue weighted by molar-refractivity contribution is 5.86. The number of aromatic nitrogens is 1. The molecular formula is C18H27N3O3. The van der Waals surface area contributed by atoms with Gasteiger partial charge in [0.05, 0.1) is 6.04 Å². The zero-order valence-electron chi connectivity index (χ0n) is 15.0. The number of anilines is 1. The van der Waals surface area contributed by atoms with Gasteiger partial charge in [-0.05, 0) is 51.7 Å². The summed E-state index contributed by atoms with van der Waals surface area (Å²) in [5.74, 6) is 0.575. The first-order valence-corrected chi connectivity index (χ1v) is 8.53. The van der Waals surface area contributed by atoms with Gasteiger partial charge in [-0.3, -0.25) is 9.69 Å². The molecule has 132 valence electrons. The van der Waals surface area contributed by atoms with Crippen molar-refractivity contribution in [3.05, 3.63) is 23.9 Å². The lowest BCUT2D eigenvalue weighted by Crippen LogP contribution is -2.37. The predicted molar refractivity (Wildman–Crippen MR) is 92.9 cm³/mol. The van der Waals surface area contributed by atoms with E-state index < -0.39 is 5.60 Å². The zero-order valence-corrected chi connectivity index (χ0v) is 15.0. The molecule has 2 heterocycles. The Bertz CT molecular complexity index is 566. The van der Waals surface area contributed by atoms with Gasteiger partial charge in [0.1, 0.15) is 11.4 Å². The van der Waals surface area contributed by atoms with E-state index >= 15 is 0 Å². The minimum absolute atomic E-state index is 0.0881. The molecule has 2 rings (SSSR count). The van der Waals surface area contributed by atoms with Crippen molar-refractivity contribution in [1.82, 2.24) is 9.88 Å². The van der Waals surface area contributed by atoms with E-state index in [2.05, 4.69) is 4.98 Å². The van der Waals surface area contributed by atoms with Crippen LogP contribution >= 0.6 is 0 Å². The highest BCUT2D eigenvalue weighted by Crippen LogP contribution is 2.30. The molecule has 1 atom stereocenters. The first-order valence-electron chi connectivity index (χ1n) is 8.53. The number of rotatable bonds is 5. The van der Waals surface area contributed by atoms with Crippen molar-refractivity contribution < 1.29 is 14.3 Å². The van der Waals surface area contributed by atoms with Gasteiger partial charge >= 0.3 is 6.09 Å². The van der Waals surface area contributed by atoms with Crippen LogP contribution in [0.3, 0.4) is 0 Å². The second kappa shape index (κ2) is 7.64. The maximum atomic E-state index is 12.4. The van der Waals surface area contributed by atoms with Crippen molar-refractivity contribution >= 4 is 18.3 Å². The predicted octanol–water partition coefficient (Wildman–Crippen LogP) is 3.53. The Labute approximate surface area is 143 Å². The summed E-state index contributed by atoms with van der Waals surface area (Å²) in [6.07, 6.45) is 5.03. The molecule has 1 saturated heterocycles. The van der Waals surface area contributed by atoms with Crippen LogP contribution in [0.1, 0.15) is 58.6 Å². The average Bonchev–Trinajstić information content (AvgIpc) is 2.99. The number of hydrogen-bond acceptors (Lipinski definition) is 4. The molecule has 1 aliphatic rings. The molecule has 1 aromatic rings. The first kappa shape index (κ1) is 18.2. The van der Waals surface area contributed by atoms with Crippen molar-refractivity contribution in [2.75, 3.05) is 18.0 Å². The van der Waals surface area contributed by atoms with Crippen molar-refractivity contribution in [2.24, 2.45) is 0 Å². The molecule has 2 amide bonds. The minimum atomic E-state index is -0.544. The maximum Gasteiger partial charge on any atom is 0.416 e. The van der Waals surface area contributed by atoms with Gasteiger partial charge in [0.15, 0.2) is 0 Å². The fraction of sp³-hybridized carbons (Fsp3) is 0.611. The van der Waals surface area contributed by atoms with Crippen molar-refractivity contribution in [3.8, 4) is 0 Å². The number of carbonyl (C=O) groups is 2. The van der Waals surface area contributed by atoms with Crippen LogP contribution in [0.25, 0.3) is 0 Å². The molecule has 6 heteroatoms. The van der Waals surface area contributed by atoms with E-state index in [9.17, 15) is 9.59 Å². The molecule has 1 aliphatic heterocycles. The maximum absolute atomic E-state index is 12.4. The lowest BCUT2D eigenvalue weighted by Gasteiger charge is -2.27. The van der Waals surface area contributed by atoms with Gasteiger partial charge in [-0.2, -0.15) is 0 Å². The monoisotopic (exact) mass is 333 g/mol. The Morgan fingerprint density at radius 2 is 2.21 bits per heavy atom. The van der Waals surface area contributed by atoms with Gasteiger partial charge in [0, 0.05) is 19.3 Å². The van der Waals surface area contributed by atoms with Crippen LogP contribution in [-0.2, 0) is 9.53 Å². The molecule has 6 nitrogen and oxygen atoms in total. The number of nitrogens with zero attached hydrogens (tertiary/aromatic N) is 3. The van der Waals surface area contributed by atoms with Crippen LogP contribution in [0.15, 0.2) is 18.3 Å². The molecular weight excluding hydrogens is 306 g/mol. The third-order valence-corrected chi connectivity index (χ3v) is 3.92. The van der Waals surface area contributed by atoms with E-state index in [0.29, 0.717) is 12.4 Å². The molecule has 0 unspecified atom stereocenters. The number of carbonyl (C=O) groups excluding carboxylic acids is 2. The fourth-order valence-electron chi connectivity index (χ4n) is 2.87. The second-order valence-electron chi connectivity index (χ2n) is 7.08. The van der Waals surface area contributed by atoms with E-state index in [1.807, 2.05) is 39.8 Å². The van der Waals surface area contributed by atoms with Gasteiger partial charge in [-0.1, -0.05) is 13.0 Å². The summed E-state index contributed by atoms with van der Waals surface area (Å²) in [6, 6.07) is 3.86. The van der Waals surface area contributed by atoms with Crippen LogP contribution in [0.4, 0.5) is 10.6 Å². The molecule has 0 saturated carbocycles. The van der Waals surface area contributed by atoms with E-state index in [4.69, 9.17) is 4.74 Å². The number of ether oxygens (including phenoxy) is 1. The van der Waals surface area contributed by atoms with Crippen LogP contribution in [0.5, 0.6) is 0 Å². The number of hydrogen-bond donors (Lipinski definition) is 0. The van der Waals surface area contributed by atoms with Crippen molar-refractivity contribution in [2.45, 2.75) is 58.6 Å². The highest BCUT2D eigenvalue weighted by Gasteiger charge is 2.26. The third-order valence-electron chi connectivity index (χ3n) is 3.92. The highest BCUT2D eigenvalue weighted by atomic mass is 16.6. The molecule has 0 aromatic carbocycles. The van der Waals surface area contributed by atoms with E-state index in [-0.39, 0.29) is 12.1 Å². The SMILES string of the molecule is CCCN(C(=O)OC(C)(C)C)c1ccc([C@@H]2CCCN2C=O)cn1. The summed E-state index contributed by atoms with van der Waals surface area (Å²) in [7, 11) is 0. The van der Waals surface area contributed by atoms with E-state index in [0.717, 1.165) is 37.8 Å². The standard InChI is InChI=1S/C18H27N3O3/c1-5-10-21(17(23)24-18(2,3)4)16-9-8-14(12-19-16)15-7-6-11-20(15)13-22/h8-9,12-13,15H,5-7,10-11H2,1-4H3/t15-/m0/s1. The van der Waals surface area contributed by atoms with Gasteiger partial charge < -0.3 is 9.64 Å². The topological polar surface area (TPSA) is 62.7 Å². The lowest BCUT2D eigenvalue weighted by atomic mass is 10.1. The fourth-order valence-corrected chi connectivity index (χ4v) is 2.87. The van der Waals surface area contributed by atoms with Crippen molar-refractivity contribution in [1.29, 1.82) is 0 Å². The summed E-state index contributed by atoms with van der Waals surface area (Å²) in [5, 5.41) is 0. The van der Waals surface area contributed by atoms with Crippen molar-refractivity contribution in [3.63, 3.8) is 0 Å². The molecule has 0 N–H and O–H groups in total. The van der Waals surface area contributed by atoms with Crippen LogP contribution in [0, 0.1) is 0 Å². The van der Waals surface area contributed by atoms with Crippen LogP contribution in [0.2, 0.25) is 0 Å². The third kappa shape index (κ3) is 4.46. The Morgan fingerprint density at radius 1 is 1.46 bits per heavy atom. The van der Waals surface area contributed by atoms with Gasteiger partial charge in [-0.25, -0.2) is 9.78 Å². The Morgan fingerprint density at radius 3 is 2.75 bits per heavy atom. The molecule has 0 bridgehead atoms. The Hall–Kier alpha value is -2.11. The molecule has 1 fully saturated rings. The second-order valence-corrected chi connectivity index (χ2v) is 7.08. The normalized spacial score (nSPS) is 17.7. The molecule has 24 heavy (non-hydrogen) atoms. The average molecular weight is 333 g/mol.